The molecule has 2 aliphatic heterocycles. The molecule has 1 aromatic heterocycles. The third-order valence-corrected chi connectivity index (χ3v) is 3.96. The number of carbonyl (C=O) groups is 1. The fourth-order valence-corrected chi connectivity index (χ4v) is 2.62. The van der Waals surface area contributed by atoms with E-state index in [0.717, 1.165) is 45.0 Å². The standard InChI is InChI=1S/C14H19N3O3/c18-14(19)11-7-12(9-15-8-11)17-4-2-16(3-5-17)10-13-1-6-20-13/h7-9,13H,1-6,10H2,(H,18,19). The van der Waals surface area contributed by atoms with Crippen molar-refractivity contribution < 1.29 is 14.6 Å². The van der Waals surface area contributed by atoms with Crippen LogP contribution in [-0.2, 0) is 4.74 Å². The van der Waals surface area contributed by atoms with Crippen molar-refractivity contribution in [2.45, 2.75) is 12.5 Å². The van der Waals surface area contributed by atoms with Gasteiger partial charge < -0.3 is 14.7 Å². The lowest BCUT2D eigenvalue weighted by Crippen LogP contribution is -2.50. The quantitative estimate of drug-likeness (QED) is 0.873. The van der Waals surface area contributed by atoms with Crippen LogP contribution in [0.3, 0.4) is 0 Å². The molecule has 1 atom stereocenters. The molecule has 2 fully saturated rings. The summed E-state index contributed by atoms with van der Waals surface area (Å²) < 4.78 is 5.46. The highest BCUT2D eigenvalue weighted by molar-refractivity contribution is 5.88. The molecule has 3 rings (SSSR count). The minimum absolute atomic E-state index is 0.243. The van der Waals surface area contributed by atoms with Crippen LogP contribution >= 0.6 is 0 Å². The highest BCUT2D eigenvalue weighted by Crippen LogP contribution is 2.18. The Morgan fingerprint density at radius 1 is 1.35 bits per heavy atom. The van der Waals surface area contributed by atoms with Gasteiger partial charge in [0, 0.05) is 45.5 Å². The molecule has 20 heavy (non-hydrogen) atoms. The Kier molecular flexibility index (Phi) is 3.84. The number of piperazine rings is 1. The molecule has 1 N–H and O–H groups in total. The number of aromatic nitrogens is 1. The summed E-state index contributed by atoms with van der Waals surface area (Å²) in [5, 5.41) is 9.00. The van der Waals surface area contributed by atoms with Gasteiger partial charge >= 0.3 is 5.97 Å². The first-order valence-corrected chi connectivity index (χ1v) is 6.99. The van der Waals surface area contributed by atoms with Crippen LogP contribution < -0.4 is 4.90 Å². The number of carboxylic acid groups (broad SMARTS) is 1. The zero-order valence-electron chi connectivity index (χ0n) is 11.4. The Morgan fingerprint density at radius 3 is 2.70 bits per heavy atom. The molecule has 0 spiro atoms. The first-order chi connectivity index (χ1) is 9.72. The molecular formula is C14H19N3O3. The van der Waals surface area contributed by atoms with E-state index in [1.165, 1.54) is 12.6 Å². The van der Waals surface area contributed by atoms with E-state index in [0.29, 0.717) is 6.10 Å². The first kappa shape index (κ1) is 13.3. The van der Waals surface area contributed by atoms with E-state index in [1.807, 2.05) is 0 Å². The summed E-state index contributed by atoms with van der Waals surface area (Å²) in [6.07, 6.45) is 4.70. The Hall–Kier alpha value is -1.66. The Morgan fingerprint density at radius 2 is 2.10 bits per heavy atom. The zero-order chi connectivity index (χ0) is 13.9. The summed E-state index contributed by atoms with van der Waals surface area (Å²) in [6, 6.07) is 1.69. The summed E-state index contributed by atoms with van der Waals surface area (Å²) in [6.45, 7) is 5.68. The van der Waals surface area contributed by atoms with Crippen molar-refractivity contribution in [2.24, 2.45) is 0 Å². The molecular weight excluding hydrogens is 258 g/mol. The van der Waals surface area contributed by atoms with E-state index >= 15 is 0 Å². The van der Waals surface area contributed by atoms with Gasteiger partial charge in [-0.05, 0) is 12.5 Å². The van der Waals surface area contributed by atoms with E-state index in [9.17, 15) is 4.79 Å². The number of ether oxygens (including phenoxy) is 1. The van der Waals surface area contributed by atoms with Gasteiger partial charge in [0.2, 0.25) is 0 Å². The topological polar surface area (TPSA) is 65.9 Å². The van der Waals surface area contributed by atoms with Crippen LogP contribution in [0.25, 0.3) is 0 Å². The van der Waals surface area contributed by atoms with E-state index in [1.54, 1.807) is 12.3 Å². The average Bonchev–Trinajstić information content (AvgIpc) is 2.44. The number of anilines is 1. The maximum absolute atomic E-state index is 11.0. The molecule has 2 aliphatic rings. The molecule has 6 heteroatoms. The van der Waals surface area contributed by atoms with Gasteiger partial charge in [-0.1, -0.05) is 0 Å². The van der Waals surface area contributed by atoms with Crippen molar-refractivity contribution in [3.05, 3.63) is 24.0 Å². The molecule has 0 saturated carbocycles. The van der Waals surface area contributed by atoms with Gasteiger partial charge in [0.25, 0.3) is 0 Å². The van der Waals surface area contributed by atoms with Crippen molar-refractivity contribution in [2.75, 3.05) is 44.2 Å². The van der Waals surface area contributed by atoms with E-state index in [4.69, 9.17) is 9.84 Å². The number of carboxylic acids is 1. The van der Waals surface area contributed by atoms with Crippen molar-refractivity contribution in [1.82, 2.24) is 9.88 Å². The molecule has 0 radical (unpaired) electrons. The molecule has 0 aliphatic carbocycles. The third-order valence-electron chi connectivity index (χ3n) is 3.96. The third kappa shape index (κ3) is 2.91. The monoisotopic (exact) mass is 277 g/mol. The van der Waals surface area contributed by atoms with Gasteiger partial charge in [0.05, 0.1) is 23.6 Å². The van der Waals surface area contributed by atoms with Gasteiger partial charge in [-0.3, -0.25) is 9.88 Å². The number of hydrogen-bond donors (Lipinski definition) is 1. The van der Waals surface area contributed by atoms with Gasteiger partial charge in [-0.15, -0.1) is 0 Å². The molecule has 3 heterocycles. The zero-order valence-corrected chi connectivity index (χ0v) is 11.4. The van der Waals surface area contributed by atoms with Gasteiger partial charge in [0.1, 0.15) is 0 Å². The molecule has 1 aromatic rings. The largest absolute Gasteiger partial charge is 0.478 e. The Balaban J connectivity index is 1.57. The molecule has 2 saturated heterocycles. The molecule has 6 nitrogen and oxygen atoms in total. The average molecular weight is 277 g/mol. The fraction of sp³-hybridized carbons (Fsp3) is 0.571. The number of hydrogen-bond acceptors (Lipinski definition) is 5. The van der Waals surface area contributed by atoms with Gasteiger partial charge in [0.15, 0.2) is 0 Å². The second-order valence-electron chi connectivity index (χ2n) is 5.31. The minimum Gasteiger partial charge on any atom is -0.478 e. The SMILES string of the molecule is O=C(O)c1cncc(N2CCN(CC3CCO3)CC2)c1. The van der Waals surface area contributed by atoms with Crippen LogP contribution in [0.15, 0.2) is 18.5 Å². The highest BCUT2D eigenvalue weighted by atomic mass is 16.5. The van der Waals surface area contributed by atoms with Crippen LogP contribution in [-0.4, -0.2) is 66.4 Å². The Bertz CT molecular complexity index is 482. The smallest absolute Gasteiger partial charge is 0.337 e. The minimum atomic E-state index is -0.930. The van der Waals surface area contributed by atoms with E-state index in [2.05, 4.69) is 14.8 Å². The highest BCUT2D eigenvalue weighted by Gasteiger charge is 2.24. The first-order valence-electron chi connectivity index (χ1n) is 6.99. The molecule has 108 valence electrons. The van der Waals surface area contributed by atoms with Crippen LogP contribution in [0.2, 0.25) is 0 Å². The van der Waals surface area contributed by atoms with Crippen molar-refractivity contribution >= 4 is 11.7 Å². The summed E-state index contributed by atoms with van der Waals surface area (Å²) >= 11 is 0. The molecule has 0 amide bonds. The van der Waals surface area contributed by atoms with Crippen molar-refractivity contribution in [3.8, 4) is 0 Å². The predicted molar refractivity (Wildman–Crippen MR) is 74.2 cm³/mol. The number of nitrogens with zero attached hydrogens (tertiary/aromatic N) is 3. The fourth-order valence-electron chi connectivity index (χ4n) is 2.62. The predicted octanol–water partition coefficient (Wildman–Crippen LogP) is 0.691. The lowest BCUT2D eigenvalue weighted by atomic mass is 10.1. The summed E-state index contributed by atoms with van der Waals surface area (Å²) in [5.74, 6) is -0.930. The second-order valence-corrected chi connectivity index (χ2v) is 5.31. The van der Waals surface area contributed by atoms with Crippen molar-refractivity contribution in [1.29, 1.82) is 0 Å². The van der Waals surface area contributed by atoms with Crippen LogP contribution in [0.1, 0.15) is 16.8 Å². The van der Waals surface area contributed by atoms with Crippen LogP contribution in [0.4, 0.5) is 5.69 Å². The van der Waals surface area contributed by atoms with Crippen molar-refractivity contribution in [3.63, 3.8) is 0 Å². The lowest BCUT2D eigenvalue weighted by molar-refractivity contribution is -0.0671. The lowest BCUT2D eigenvalue weighted by Gasteiger charge is -2.39. The van der Waals surface area contributed by atoms with Gasteiger partial charge in [-0.25, -0.2) is 4.79 Å². The van der Waals surface area contributed by atoms with Crippen LogP contribution in [0, 0.1) is 0 Å². The molecule has 0 bridgehead atoms. The Labute approximate surface area is 118 Å². The number of aromatic carboxylic acids is 1. The molecule has 1 unspecified atom stereocenters. The normalized spacial score (nSPS) is 23.4. The summed E-state index contributed by atoms with van der Waals surface area (Å²) in [4.78, 5) is 19.6. The summed E-state index contributed by atoms with van der Waals surface area (Å²) in [5.41, 5.74) is 1.14. The maximum atomic E-state index is 11.0. The van der Waals surface area contributed by atoms with E-state index in [-0.39, 0.29) is 5.56 Å². The maximum Gasteiger partial charge on any atom is 0.337 e. The molecule has 0 aromatic carbocycles. The van der Waals surface area contributed by atoms with E-state index < -0.39 is 5.97 Å². The number of pyridine rings is 1. The second kappa shape index (κ2) is 5.76. The van der Waals surface area contributed by atoms with Gasteiger partial charge in [-0.2, -0.15) is 0 Å². The number of rotatable bonds is 4. The summed E-state index contributed by atoms with van der Waals surface area (Å²) in [7, 11) is 0. The van der Waals surface area contributed by atoms with Crippen LogP contribution in [0.5, 0.6) is 0 Å².